The number of amides is 1. The van der Waals surface area contributed by atoms with Gasteiger partial charge in [-0.2, -0.15) is 0 Å². The molecule has 2 fully saturated rings. The van der Waals surface area contributed by atoms with E-state index in [1.165, 1.54) is 24.3 Å². The van der Waals surface area contributed by atoms with Crippen molar-refractivity contribution < 1.29 is 19.0 Å². The third-order valence-corrected chi connectivity index (χ3v) is 6.46. The van der Waals surface area contributed by atoms with Crippen LogP contribution in [0.1, 0.15) is 61.0 Å². The molecule has 154 valence electrons. The monoisotopic (exact) mass is 397 g/mol. The minimum absolute atomic E-state index is 0.0454. The molecule has 1 N–H and O–H groups in total. The Morgan fingerprint density at radius 2 is 1.93 bits per heavy atom. The summed E-state index contributed by atoms with van der Waals surface area (Å²) in [4.78, 5) is 15.3. The van der Waals surface area contributed by atoms with Gasteiger partial charge >= 0.3 is 0 Å². The quantitative estimate of drug-likeness (QED) is 0.811. The van der Waals surface area contributed by atoms with Crippen LogP contribution in [0.15, 0.2) is 48.5 Å². The molecule has 4 rings (SSSR count). The van der Waals surface area contributed by atoms with Gasteiger partial charge in [-0.05, 0) is 56.5 Å². The summed E-state index contributed by atoms with van der Waals surface area (Å²) in [6, 6.07) is 13.2. The molecule has 0 unspecified atom stereocenters. The van der Waals surface area contributed by atoms with Gasteiger partial charge in [0, 0.05) is 23.6 Å². The Labute approximate surface area is 171 Å². The number of hydrogen-bond acceptors (Lipinski definition) is 3. The van der Waals surface area contributed by atoms with E-state index in [2.05, 4.69) is 0 Å². The predicted molar refractivity (Wildman–Crippen MR) is 109 cm³/mol. The van der Waals surface area contributed by atoms with Crippen molar-refractivity contribution in [1.29, 1.82) is 0 Å². The second-order valence-electron chi connectivity index (χ2n) is 8.13. The summed E-state index contributed by atoms with van der Waals surface area (Å²) in [6.45, 7) is 2.94. The average Bonchev–Trinajstić information content (AvgIpc) is 2.73. The van der Waals surface area contributed by atoms with Crippen molar-refractivity contribution in [3.63, 3.8) is 0 Å². The van der Waals surface area contributed by atoms with Gasteiger partial charge in [-0.15, -0.1) is 0 Å². The maximum Gasteiger partial charge on any atom is 0.254 e. The number of nitrogens with zero attached hydrogens (tertiary/aromatic N) is 1. The van der Waals surface area contributed by atoms with Crippen molar-refractivity contribution in [3.05, 3.63) is 65.5 Å². The Morgan fingerprint density at radius 1 is 1.17 bits per heavy atom. The highest BCUT2D eigenvalue weighted by atomic mass is 19.1. The maximum absolute atomic E-state index is 13.4. The molecule has 1 heterocycles. The zero-order chi connectivity index (χ0) is 20.4. The maximum atomic E-state index is 13.4. The summed E-state index contributed by atoms with van der Waals surface area (Å²) < 4.78 is 19.3. The van der Waals surface area contributed by atoms with Crippen LogP contribution in [0.4, 0.5) is 4.39 Å². The van der Waals surface area contributed by atoms with E-state index in [1.54, 1.807) is 0 Å². The predicted octanol–water partition coefficient (Wildman–Crippen LogP) is 4.73. The third kappa shape index (κ3) is 3.76. The van der Waals surface area contributed by atoms with Crippen molar-refractivity contribution in [2.45, 2.75) is 50.7 Å². The zero-order valence-corrected chi connectivity index (χ0v) is 16.8. The van der Waals surface area contributed by atoms with E-state index in [9.17, 15) is 14.3 Å². The highest BCUT2D eigenvalue weighted by Gasteiger charge is 2.50. The fraction of sp³-hybridized carbons (Fsp3) is 0.458. The molecule has 3 atom stereocenters. The van der Waals surface area contributed by atoms with Crippen molar-refractivity contribution >= 4 is 5.91 Å². The van der Waals surface area contributed by atoms with Crippen LogP contribution >= 0.6 is 0 Å². The number of para-hydroxylation sites is 1. The average molecular weight is 397 g/mol. The van der Waals surface area contributed by atoms with Crippen molar-refractivity contribution in [3.8, 4) is 5.75 Å². The lowest BCUT2D eigenvalue weighted by atomic mass is 9.66. The molecular formula is C24H28FNO3. The number of likely N-dealkylation sites (tertiary alicyclic amines) is 1. The van der Waals surface area contributed by atoms with E-state index in [-0.39, 0.29) is 23.7 Å². The Balaban J connectivity index is 1.77. The van der Waals surface area contributed by atoms with Crippen LogP contribution in [-0.4, -0.2) is 34.7 Å². The van der Waals surface area contributed by atoms with Gasteiger partial charge in [-0.3, -0.25) is 4.79 Å². The first-order valence-electron chi connectivity index (χ1n) is 10.5. The molecule has 0 radical (unpaired) electrons. The van der Waals surface area contributed by atoms with Crippen LogP contribution in [-0.2, 0) is 0 Å². The summed E-state index contributed by atoms with van der Waals surface area (Å²) in [5.41, 5.74) is 0.642. The van der Waals surface area contributed by atoms with Crippen LogP contribution in [0.2, 0.25) is 0 Å². The number of hydrogen-bond donors (Lipinski definition) is 1. The lowest BCUT2D eigenvalue weighted by molar-refractivity contribution is -0.115. The van der Waals surface area contributed by atoms with E-state index in [0.29, 0.717) is 25.1 Å². The smallest absolute Gasteiger partial charge is 0.254 e. The standard InChI is InChI=1S/C24H28FNO3/c1-2-29-21-9-4-3-7-19(21)22-20-8-5-6-14-24(20,28)15-16-26(22)23(27)17-10-12-18(25)13-11-17/h3-4,7,9-13,20,22,28H,2,5-6,8,14-16H2,1H3/t20-,22-,24-/m0/s1. The zero-order valence-electron chi connectivity index (χ0n) is 16.8. The molecule has 0 bridgehead atoms. The van der Waals surface area contributed by atoms with Crippen LogP contribution in [0.25, 0.3) is 0 Å². The number of ether oxygens (including phenoxy) is 1. The molecular weight excluding hydrogens is 369 g/mol. The number of fused-ring (bicyclic) bond motifs is 1. The second kappa shape index (κ2) is 8.15. The van der Waals surface area contributed by atoms with E-state index < -0.39 is 5.60 Å². The Kier molecular flexibility index (Phi) is 5.59. The van der Waals surface area contributed by atoms with Crippen LogP contribution in [0.3, 0.4) is 0 Å². The first-order valence-corrected chi connectivity index (χ1v) is 10.5. The highest BCUT2D eigenvalue weighted by molar-refractivity contribution is 5.94. The van der Waals surface area contributed by atoms with Crippen LogP contribution in [0.5, 0.6) is 5.75 Å². The van der Waals surface area contributed by atoms with Gasteiger partial charge in [0.05, 0.1) is 18.2 Å². The first kappa shape index (κ1) is 19.9. The largest absolute Gasteiger partial charge is 0.494 e. The fourth-order valence-electron chi connectivity index (χ4n) is 5.06. The minimum atomic E-state index is -0.762. The molecule has 5 heteroatoms. The minimum Gasteiger partial charge on any atom is -0.494 e. The molecule has 2 aromatic carbocycles. The summed E-state index contributed by atoms with van der Waals surface area (Å²) in [5, 5.41) is 11.4. The molecule has 0 aromatic heterocycles. The van der Waals surface area contributed by atoms with Gasteiger partial charge in [-0.25, -0.2) is 4.39 Å². The number of rotatable bonds is 4. The van der Waals surface area contributed by atoms with Gasteiger partial charge in [0.2, 0.25) is 0 Å². The number of benzene rings is 2. The van der Waals surface area contributed by atoms with Gasteiger partial charge < -0.3 is 14.7 Å². The molecule has 1 saturated carbocycles. The molecule has 4 nitrogen and oxygen atoms in total. The summed E-state index contributed by atoms with van der Waals surface area (Å²) >= 11 is 0. The lowest BCUT2D eigenvalue weighted by Gasteiger charge is -2.52. The summed E-state index contributed by atoms with van der Waals surface area (Å²) in [5.74, 6) is 0.219. The molecule has 29 heavy (non-hydrogen) atoms. The lowest BCUT2D eigenvalue weighted by Crippen LogP contribution is -2.56. The van der Waals surface area contributed by atoms with E-state index in [4.69, 9.17) is 4.74 Å². The van der Waals surface area contributed by atoms with Crippen molar-refractivity contribution in [2.75, 3.05) is 13.2 Å². The molecule has 1 saturated heterocycles. The number of piperidine rings is 1. The normalized spacial score (nSPS) is 26.7. The molecule has 1 amide bonds. The number of carbonyl (C=O) groups excluding carboxylic acids is 1. The molecule has 2 aromatic rings. The molecule has 1 aliphatic heterocycles. The van der Waals surface area contributed by atoms with Gasteiger partial charge in [0.1, 0.15) is 11.6 Å². The third-order valence-electron chi connectivity index (χ3n) is 6.46. The molecule has 1 aliphatic carbocycles. The van der Waals surface area contributed by atoms with Gasteiger partial charge in [0.25, 0.3) is 5.91 Å². The van der Waals surface area contributed by atoms with Crippen molar-refractivity contribution in [1.82, 2.24) is 4.90 Å². The SMILES string of the molecule is CCOc1ccccc1[C@H]1[C@@H]2CCCC[C@]2(O)CCN1C(=O)c1ccc(F)cc1. The van der Waals surface area contributed by atoms with Gasteiger partial charge in [-0.1, -0.05) is 31.0 Å². The Morgan fingerprint density at radius 3 is 2.69 bits per heavy atom. The topological polar surface area (TPSA) is 49.8 Å². The Bertz CT molecular complexity index is 869. The fourth-order valence-corrected chi connectivity index (χ4v) is 5.06. The molecule has 2 aliphatic rings. The summed E-state index contributed by atoms with van der Waals surface area (Å²) in [7, 11) is 0. The second-order valence-corrected chi connectivity index (χ2v) is 8.13. The summed E-state index contributed by atoms with van der Waals surface area (Å²) in [6.07, 6.45) is 4.26. The highest BCUT2D eigenvalue weighted by Crippen LogP contribution is 2.51. The van der Waals surface area contributed by atoms with E-state index in [1.807, 2.05) is 36.1 Å². The van der Waals surface area contributed by atoms with Gasteiger partial charge in [0.15, 0.2) is 0 Å². The van der Waals surface area contributed by atoms with Crippen molar-refractivity contribution in [2.24, 2.45) is 5.92 Å². The first-order chi connectivity index (χ1) is 14.0. The number of aliphatic hydroxyl groups is 1. The van der Waals surface area contributed by atoms with E-state index >= 15 is 0 Å². The van der Waals surface area contributed by atoms with Crippen LogP contribution in [0, 0.1) is 11.7 Å². The number of halogens is 1. The molecule has 0 spiro atoms. The van der Waals surface area contributed by atoms with Crippen LogP contribution < -0.4 is 4.74 Å². The Hall–Kier alpha value is -2.40. The van der Waals surface area contributed by atoms with E-state index in [0.717, 1.165) is 37.0 Å². The number of carbonyl (C=O) groups is 1.